The summed E-state index contributed by atoms with van der Waals surface area (Å²) in [6, 6.07) is 15.4. The standard InChI is InChI=1S/C26H20Cl2N4O6S/c27-19-14-20(28)21(32(36)37)13-18(19)22-7-6-17(38-22)12-23-25(34)31(26(35)39-23)15-24(33)30-10-8-29(9-11-30)16-4-2-1-3-5-16/h1-7,12-14H,8-11,15H2/b23-12+. The average Bonchev–Trinajstić information content (AvgIpc) is 3.49. The first-order chi connectivity index (χ1) is 18.7. The van der Waals surface area contributed by atoms with Crippen molar-refractivity contribution in [3.8, 4) is 11.3 Å². The van der Waals surface area contributed by atoms with Crippen LogP contribution in [0.4, 0.5) is 16.2 Å². The molecule has 200 valence electrons. The van der Waals surface area contributed by atoms with Gasteiger partial charge in [0.25, 0.3) is 16.8 Å². The highest BCUT2D eigenvalue weighted by Gasteiger charge is 2.37. The molecule has 2 fully saturated rings. The molecule has 13 heteroatoms. The molecule has 0 bridgehead atoms. The number of benzene rings is 2. The van der Waals surface area contributed by atoms with E-state index < -0.39 is 16.1 Å². The Balaban J connectivity index is 1.24. The Labute approximate surface area is 236 Å². The van der Waals surface area contributed by atoms with Crippen molar-refractivity contribution in [2.45, 2.75) is 0 Å². The van der Waals surface area contributed by atoms with Crippen LogP contribution in [0.1, 0.15) is 5.76 Å². The molecule has 39 heavy (non-hydrogen) atoms. The number of imide groups is 1. The summed E-state index contributed by atoms with van der Waals surface area (Å²) in [6.45, 7) is 1.93. The number of piperazine rings is 1. The number of amides is 3. The summed E-state index contributed by atoms with van der Waals surface area (Å²) in [7, 11) is 0. The summed E-state index contributed by atoms with van der Waals surface area (Å²) in [5.74, 6) is -0.451. The molecule has 2 saturated heterocycles. The summed E-state index contributed by atoms with van der Waals surface area (Å²) < 4.78 is 5.73. The Morgan fingerprint density at radius 3 is 2.44 bits per heavy atom. The molecule has 0 aliphatic carbocycles. The van der Waals surface area contributed by atoms with Crippen molar-refractivity contribution in [3.05, 3.63) is 85.4 Å². The number of carbonyl (C=O) groups excluding carboxylic acids is 3. The lowest BCUT2D eigenvalue weighted by Gasteiger charge is -2.36. The molecule has 0 N–H and O–H groups in total. The maximum atomic E-state index is 12.9. The highest BCUT2D eigenvalue weighted by molar-refractivity contribution is 8.18. The van der Waals surface area contributed by atoms with Crippen LogP contribution in [0.5, 0.6) is 0 Å². The fourth-order valence-corrected chi connectivity index (χ4v) is 5.66. The first-order valence-corrected chi connectivity index (χ1v) is 13.4. The van der Waals surface area contributed by atoms with Gasteiger partial charge in [-0.2, -0.15) is 0 Å². The summed E-state index contributed by atoms with van der Waals surface area (Å²) in [5.41, 5.74) is 0.998. The van der Waals surface area contributed by atoms with Gasteiger partial charge in [-0.25, -0.2) is 0 Å². The number of halogens is 2. The fourth-order valence-electron chi connectivity index (χ4n) is 4.30. The molecule has 3 aromatic rings. The van der Waals surface area contributed by atoms with E-state index in [1.54, 1.807) is 4.90 Å². The topological polar surface area (TPSA) is 117 Å². The zero-order chi connectivity index (χ0) is 27.7. The quantitative estimate of drug-likeness (QED) is 0.210. The van der Waals surface area contributed by atoms with Crippen molar-refractivity contribution < 1.29 is 23.7 Å². The number of nitro benzene ring substituents is 1. The molecule has 0 atom stereocenters. The molecule has 1 aromatic heterocycles. The van der Waals surface area contributed by atoms with Gasteiger partial charge in [-0.3, -0.25) is 29.4 Å². The Bertz CT molecular complexity index is 1500. The number of thioether (sulfide) groups is 1. The molecule has 2 aliphatic heterocycles. The van der Waals surface area contributed by atoms with Gasteiger partial charge in [0.2, 0.25) is 5.91 Å². The van der Waals surface area contributed by atoms with E-state index in [2.05, 4.69) is 4.90 Å². The van der Waals surface area contributed by atoms with Gasteiger partial charge >= 0.3 is 0 Å². The van der Waals surface area contributed by atoms with E-state index in [-0.39, 0.29) is 50.2 Å². The lowest BCUT2D eigenvalue weighted by Crippen LogP contribution is -2.51. The fraction of sp³-hybridized carbons (Fsp3) is 0.192. The number of para-hydroxylation sites is 1. The van der Waals surface area contributed by atoms with Crippen LogP contribution >= 0.6 is 35.0 Å². The van der Waals surface area contributed by atoms with Crippen LogP contribution in [0.3, 0.4) is 0 Å². The van der Waals surface area contributed by atoms with Gasteiger partial charge in [-0.05, 0) is 42.1 Å². The van der Waals surface area contributed by atoms with Crippen LogP contribution in [0.25, 0.3) is 17.4 Å². The van der Waals surface area contributed by atoms with Gasteiger partial charge in [0.15, 0.2) is 0 Å². The van der Waals surface area contributed by atoms with Gasteiger partial charge in [-0.1, -0.05) is 41.4 Å². The monoisotopic (exact) mass is 586 g/mol. The maximum absolute atomic E-state index is 12.9. The van der Waals surface area contributed by atoms with Gasteiger partial charge in [-0.15, -0.1) is 0 Å². The molecular formula is C26H20Cl2N4O6S. The smallest absolute Gasteiger partial charge is 0.294 e. The molecule has 0 unspecified atom stereocenters. The van der Waals surface area contributed by atoms with E-state index in [1.807, 2.05) is 30.3 Å². The summed E-state index contributed by atoms with van der Waals surface area (Å²) in [6.07, 6.45) is 1.38. The van der Waals surface area contributed by atoms with Crippen LogP contribution in [0.2, 0.25) is 10.0 Å². The van der Waals surface area contributed by atoms with Gasteiger partial charge in [0.05, 0.1) is 14.9 Å². The first kappa shape index (κ1) is 26.8. The number of furan rings is 1. The summed E-state index contributed by atoms with van der Waals surface area (Å²) in [4.78, 5) is 53.9. The molecule has 5 rings (SSSR count). The van der Waals surface area contributed by atoms with Crippen molar-refractivity contribution in [1.29, 1.82) is 0 Å². The molecule has 0 radical (unpaired) electrons. The predicted molar refractivity (Wildman–Crippen MR) is 149 cm³/mol. The Kier molecular flexibility index (Phi) is 7.65. The molecule has 3 heterocycles. The minimum Gasteiger partial charge on any atom is -0.457 e. The largest absolute Gasteiger partial charge is 0.457 e. The first-order valence-electron chi connectivity index (χ1n) is 11.8. The van der Waals surface area contributed by atoms with Crippen LogP contribution in [0, 0.1) is 10.1 Å². The van der Waals surface area contributed by atoms with Crippen molar-refractivity contribution >= 4 is 69.5 Å². The molecule has 10 nitrogen and oxygen atoms in total. The van der Waals surface area contributed by atoms with Crippen molar-refractivity contribution in [2.24, 2.45) is 0 Å². The van der Waals surface area contributed by atoms with Crippen LogP contribution in [-0.4, -0.2) is 64.5 Å². The Hall–Kier alpha value is -3.80. The van der Waals surface area contributed by atoms with E-state index in [0.717, 1.165) is 10.6 Å². The highest BCUT2D eigenvalue weighted by atomic mass is 35.5. The predicted octanol–water partition coefficient (Wildman–Crippen LogP) is 5.55. The maximum Gasteiger partial charge on any atom is 0.294 e. The molecule has 3 amide bonds. The zero-order valence-corrected chi connectivity index (χ0v) is 22.5. The second kappa shape index (κ2) is 11.1. The lowest BCUT2D eigenvalue weighted by molar-refractivity contribution is -0.384. The number of hydrogen-bond acceptors (Lipinski definition) is 8. The van der Waals surface area contributed by atoms with Crippen molar-refractivity contribution in [1.82, 2.24) is 9.80 Å². The molecule has 2 aliphatic rings. The highest BCUT2D eigenvalue weighted by Crippen LogP contribution is 2.38. The van der Waals surface area contributed by atoms with Gasteiger partial charge < -0.3 is 14.2 Å². The molecule has 0 saturated carbocycles. The Morgan fingerprint density at radius 2 is 1.74 bits per heavy atom. The normalized spacial score (nSPS) is 16.9. The van der Waals surface area contributed by atoms with Crippen LogP contribution in [-0.2, 0) is 9.59 Å². The second-order valence-electron chi connectivity index (χ2n) is 8.71. The number of anilines is 1. The van der Waals surface area contributed by atoms with Gasteiger partial charge in [0.1, 0.15) is 23.1 Å². The van der Waals surface area contributed by atoms with Crippen molar-refractivity contribution in [2.75, 3.05) is 37.6 Å². The van der Waals surface area contributed by atoms with Crippen molar-refractivity contribution in [3.63, 3.8) is 0 Å². The number of nitrogens with zero attached hydrogens (tertiary/aromatic N) is 4. The summed E-state index contributed by atoms with van der Waals surface area (Å²) in [5, 5.41) is 10.7. The van der Waals surface area contributed by atoms with E-state index in [4.69, 9.17) is 27.6 Å². The molecule has 2 aromatic carbocycles. The SMILES string of the molecule is O=C(CN1C(=O)S/C(=C/c2ccc(-c3cc([N+](=O)[O-])c(Cl)cc3Cl)o2)C1=O)N1CCN(c2ccccc2)CC1. The van der Waals surface area contributed by atoms with E-state index in [1.165, 1.54) is 30.3 Å². The number of hydrogen-bond donors (Lipinski definition) is 0. The number of nitro groups is 1. The van der Waals surface area contributed by atoms with Crippen LogP contribution in [0.15, 0.2) is 63.9 Å². The average molecular weight is 587 g/mol. The third-order valence-corrected chi connectivity index (χ3v) is 7.84. The molecule has 0 spiro atoms. The minimum atomic E-state index is -0.632. The minimum absolute atomic E-state index is 0.0933. The van der Waals surface area contributed by atoms with E-state index >= 15 is 0 Å². The lowest BCUT2D eigenvalue weighted by atomic mass is 10.1. The third-order valence-electron chi connectivity index (χ3n) is 6.32. The van der Waals surface area contributed by atoms with Crippen LogP contribution < -0.4 is 4.90 Å². The Morgan fingerprint density at radius 1 is 1.03 bits per heavy atom. The molecular weight excluding hydrogens is 567 g/mol. The van der Waals surface area contributed by atoms with E-state index in [0.29, 0.717) is 37.9 Å². The number of carbonyl (C=O) groups is 3. The third kappa shape index (κ3) is 5.65. The van der Waals surface area contributed by atoms with Gasteiger partial charge in [0, 0.05) is 49.6 Å². The summed E-state index contributed by atoms with van der Waals surface area (Å²) >= 11 is 12.8. The van der Waals surface area contributed by atoms with E-state index in [9.17, 15) is 24.5 Å². The second-order valence-corrected chi connectivity index (χ2v) is 10.5. The zero-order valence-electron chi connectivity index (χ0n) is 20.2. The number of rotatable bonds is 6.